The molecule has 1 N–H and O–H groups in total. The molecule has 0 saturated carbocycles. The van der Waals surface area contributed by atoms with Crippen LogP contribution in [-0.4, -0.2) is 17.1 Å². The van der Waals surface area contributed by atoms with Gasteiger partial charge in [-0.15, -0.1) is 0 Å². The van der Waals surface area contributed by atoms with Crippen LogP contribution in [0.5, 0.6) is 0 Å². The molecule has 9 heteroatoms. The SMILES string of the molecule is CC(C)OP(=O)(OC(C)C)C(Nc1ccc([N+](=O)[O-])cc1)c1ccccc1F. The van der Waals surface area contributed by atoms with Crippen LogP contribution in [0, 0.1) is 15.9 Å². The van der Waals surface area contributed by atoms with E-state index in [9.17, 15) is 19.1 Å². The number of hydrogen-bond acceptors (Lipinski definition) is 6. The number of nitro benzene ring substituents is 1. The predicted molar refractivity (Wildman–Crippen MR) is 106 cm³/mol. The summed E-state index contributed by atoms with van der Waals surface area (Å²) in [6.45, 7) is 6.84. The Labute approximate surface area is 163 Å². The Kier molecular flexibility index (Phi) is 7.29. The van der Waals surface area contributed by atoms with E-state index >= 15 is 0 Å². The van der Waals surface area contributed by atoms with Crippen LogP contribution in [0.3, 0.4) is 0 Å². The van der Waals surface area contributed by atoms with Gasteiger partial charge in [-0.2, -0.15) is 0 Å². The third-order valence-electron chi connectivity index (χ3n) is 3.61. The lowest BCUT2D eigenvalue weighted by Crippen LogP contribution is -2.20. The number of nitrogens with zero attached hydrogens (tertiary/aromatic N) is 1. The van der Waals surface area contributed by atoms with Crippen LogP contribution in [-0.2, 0) is 13.6 Å². The topological polar surface area (TPSA) is 90.7 Å². The van der Waals surface area contributed by atoms with Gasteiger partial charge in [-0.05, 0) is 45.9 Å². The van der Waals surface area contributed by atoms with Gasteiger partial charge in [0.15, 0.2) is 5.78 Å². The smallest absolute Gasteiger partial charge is 0.357 e. The number of hydrogen-bond donors (Lipinski definition) is 1. The molecule has 2 rings (SSSR count). The van der Waals surface area contributed by atoms with E-state index in [2.05, 4.69) is 5.32 Å². The van der Waals surface area contributed by atoms with Crippen molar-refractivity contribution in [1.29, 1.82) is 0 Å². The van der Waals surface area contributed by atoms with E-state index < -0.39 is 36.3 Å². The molecule has 7 nitrogen and oxygen atoms in total. The summed E-state index contributed by atoms with van der Waals surface area (Å²) in [6.07, 6.45) is -0.866. The molecule has 0 bridgehead atoms. The molecule has 2 aromatic rings. The fourth-order valence-corrected chi connectivity index (χ4v) is 4.92. The predicted octanol–water partition coefficient (Wildman–Crippen LogP) is 5.89. The molecule has 1 atom stereocenters. The molecule has 0 aromatic heterocycles. The monoisotopic (exact) mass is 410 g/mol. The molecule has 2 aromatic carbocycles. The summed E-state index contributed by atoms with van der Waals surface area (Å²) in [5.74, 6) is -1.71. The Balaban J connectivity index is 2.50. The zero-order valence-corrected chi connectivity index (χ0v) is 17.1. The van der Waals surface area contributed by atoms with Gasteiger partial charge in [0.2, 0.25) is 0 Å². The van der Waals surface area contributed by atoms with Crippen molar-refractivity contribution in [2.24, 2.45) is 0 Å². The van der Waals surface area contributed by atoms with Crippen molar-refractivity contribution < 1.29 is 22.9 Å². The molecule has 0 aliphatic heterocycles. The lowest BCUT2D eigenvalue weighted by Gasteiger charge is -2.31. The summed E-state index contributed by atoms with van der Waals surface area (Å²) >= 11 is 0. The molecule has 28 heavy (non-hydrogen) atoms. The molecule has 0 aliphatic carbocycles. The molecule has 0 saturated heterocycles. The molecule has 152 valence electrons. The van der Waals surface area contributed by atoms with Crippen LogP contribution in [0.4, 0.5) is 15.8 Å². The molecule has 0 heterocycles. The first kappa shape index (κ1) is 22.0. The average Bonchev–Trinajstić information content (AvgIpc) is 2.59. The van der Waals surface area contributed by atoms with Crippen molar-refractivity contribution in [3.63, 3.8) is 0 Å². The van der Waals surface area contributed by atoms with E-state index in [0.717, 1.165) is 0 Å². The Morgan fingerprint density at radius 3 is 2.00 bits per heavy atom. The van der Waals surface area contributed by atoms with Crippen molar-refractivity contribution in [1.82, 2.24) is 0 Å². The second-order valence-electron chi connectivity index (χ2n) is 6.72. The highest BCUT2D eigenvalue weighted by molar-refractivity contribution is 7.54. The third kappa shape index (κ3) is 5.61. The van der Waals surface area contributed by atoms with Crippen LogP contribution in [0.2, 0.25) is 0 Å². The van der Waals surface area contributed by atoms with Crippen molar-refractivity contribution in [2.45, 2.75) is 45.7 Å². The normalized spacial score (nSPS) is 13.0. The highest BCUT2D eigenvalue weighted by Gasteiger charge is 2.40. The van der Waals surface area contributed by atoms with Gasteiger partial charge in [0.1, 0.15) is 5.82 Å². The van der Waals surface area contributed by atoms with Crippen LogP contribution in [0.25, 0.3) is 0 Å². The molecular formula is C19H24FN2O5P. The van der Waals surface area contributed by atoms with Crippen molar-refractivity contribution in [2.75, 3.05) is 5.32 Å². The van der Waals surface area contributed by atoms with Crippen LogP contribution >= 0.6 is 7.60 Å². The number of halogens is 1. The molecule has 0 fully saturated rings. The first-order valence-corrected chi connectivity index (χ1v) is 10.5. The van der Waals surface area contributed by atoms with Gasteiger partial charge in [-0.1, -0.05) is 18.2 Å². The zero-order chi connectivity index (χ0) is 20.9. The number of benzene rings is 2. The minimum Gasteiger partial charge on any atom is -0.368 e. The van der Waals surface area contributed by atoms with Crippen molar-refractivity contribution in [3.8, 4) is 0 Å². The fraction of sp³-hybridized carbons (Fsp3) is 0.368. The van der Waals surface area contributed by atoms with E-state index in [1.54, 1.807) is 33.8 Å². The van der Waals surface area contributed by atoms with Gasteiger partial charge in [0.05, 0.1) is 17.1 Å². The summed E-state index contributed by atoms with van der Waals surface area (Å²) < 4.78 is 39.5. The quantitative estimate of drug-likeness (QED) is 0.315. The van der Waals surface area contributed by atoms with Crippen LogP contribution in [0.15, 0.2) is 48.5 Å². The molecular weight excluding hydrogens is 386 g/mol. The summed E-state index contributed by atoms with van der Waals surface area (Å²) in [5.41, 5.74) is 0.442. The van der Waals surface area contributed by atoms with Crippen LogP contribution in [0.1, 0.15) is 39.0 Å². The Hall–Kier alpha value is -2.28. The molecule has 0 amide bonds. The molecule has 0 radical (unpaired) electrons. The first-order valence-electron chi connectivity index (χ1n) is 8.84. The minimum absolute atomic E-state index is 0.0898. The van der Waals surface area contributed by atoms with E-state index in [0.29, 0.717) is 5.69 Å². The van der Waals surface area contributed by atoms with Gasteiger partial charge in [0.25, 0.3) is 5.69 Å². The minimum atomic E-state index is -3.87. The number of anilines is 1. The van der Waals surface area contributed by atoms with Gasteiger partial charge in [-0.25, -0.2) is 4.39 Å². The number of nitrogens with one attached hydrogen (secondary N) is 1. The number of nitro groups is 1. The van der Waals surface area contributed by atoms with E-state index in [1.807, 2.05) is 0 Å². The van der Waals surface area contributed by atoms with Gasteiger partial charge < -0.3 is 14.4 Å². The van der Waals surface area contributed by atoms with E-state index in [4.69, 9.17) is 9.05 Å². The Bertz CT molecular complexity index is 844. The summed E-state index contributed by atoms with van der Waals surface area (Å²) in [7, 11) is -3.87. The maximum Gasteiger partial charge on any atom is 0.357 e. The van der Waals surface area contributed by atoms with E-state index in [1.165, 1.54) is 42.5 Å². The fourth-order valence-electron chi connectivity index (χ4n) is 2.60. The summed E-state index contributed by atoms with van der Waals surface area (Å²) in [4.78, 5) is 10.3. The van der Waals surface area contributed by atoms with Gasteiger partial charge in [0, 0.05) is 23.4 Å². The standard InChI is InChI=1S/C19H24FN2O5P/c1-13(2)26-28(25,27-14(3)4)19(17-7-5-6-8-18(17)20)21-15-9-11-16(12-10-15)22(23)24/h5-14,19,21H,1-4H3. The second kappa shape index (κ2) is 9.28. The third-order valence-corrected chi connectivity index (χ3v) is 6.08. The lowest BCUT2D eigenvalue weighted by atomic mass is 10.2. The maximum atomic E-state index is 14.6. The van der Waals surface area contributed by atoms with Gasteiger partial charge in [-0.3, -0.25) is 14.7 Å². The van der Waals surface area contributed by atoms with Gasteiger partial charge >= 0.3 is 7.60 Å². The van der Waals surface area contributed by atoms with Crippen molar-refractivity contribution >= 4 is 19.0 Å². The molecule has 0 spiro atoms. The highest BCUT2D eigenvalue weighted by atomic mass is 31.2. The summed E-state index contributed by atoms with van der Waals surface area (Å²) in [5, 5.41) is 13.8. The average molecular weight is 410 g/mol. The van der Waals surface area contributed by atoms with E-state index in [-0.39, 0.29) is 11.3 Å². The maximum absolute atomic E-state index is 14.6. The Morgan fingerprint density at radius 2 is 1.54 bits per heavy atom. The summed E-state index contributed by atoms with van der Waals surface area (Å²) in [6, 6.07) is 11.4. The molecule has 0 aliphatic rings. The van der Waals surface area contributed by atoms with Crippen molar-refractivity contribution in [3.05, 3.63) is 70.0 Å². The zero-order valence-electron chi connectivity index (χ0n) is 16.2. The van der Waals surface area contributed by atoms with Crippen LogP contribution < -0.4 is 5.32 Å². The first-order chi connectivity index (χ1) is 13.1. The highest BCUT2D eigenvalue weighted by Crippen LogP contribution is 2.62. The largest absolute Gasteiger partial charge is 0.368 e. The second-order valence-corrected chi connectivity index (χ2v) is 8.74. The molecule has 1 unspecified atom stereocenters. The Morgan fingerprint density at radius 1 is 1.00 bits per heavy atom. The number of non-ortho nitro benzene ring substituents is 1. The lowest BCUT2D eigenvalue weighted by molar-refractivity contribution is -0.384. The number of rotatable bonds is 9.